The summed E-state index contributed by atoms with van der Waals surface area (Å²) >= 11 is 0. The zero-order valence-corrected chi connectivity index (χ0v) is 61.4. The number of benzene rings is 5. The van der Waals surface area contributed by atoms with Crippen LogP contribution in [0, 0.1) is 58.7 Å². The van der Waals surface area contributed by atoms with Crippen LogP contribution in [0.5, 0.6) is 28.7 Å². The zero-order chi connectivity index (χ0) is 71.0. The van der Waals surface area contributed by atoms with Gasteiger partial charge in [-0.3, -0.25) is 4.79 Å². The molecule has 1 unspecified atom stereocenters. The van der Waals surface area contributed by atoms with Crippen LogP contribution in [0.25, 0.3) is 17.2 Å². The van der Waals surface area contributed by atoms with Gasteiger partial charge in [0.2, 0.25) is 0 Å². The lowest BCUT2D eigenvalue weighted by Crippen LogP contribution is -2.64. The van der Waals surface area contributed by atoms with Crippen LogP contribution in [0.2, 0.25) is 0 Å². The fourth-order valence-electron chi connectivity index (χ4n) is 22.8. The highest BCUT2D eigenvalue weighted by atomic mass is 33.1. The van der Waals surface area contributed by atoms with Gasteiger partial charge in [-0.25, -0.2) is 0 Å². The molecule has 13 aliphatic rings. The van der Waals surface area contributed by atoms with Crippen LogP contribution in [-0.2, 0) is 44.5 Å². The van der Waals surface area contributed by atoms with Gasteiger partial charge in [0.25, 0.3) is 0 Å². The molecule has 17 heteroatoms. The summed E-state index contributed by atoms with van der Waals surface area (Å²) in [6.07, 6.45) is 19.8. The van der Waals surface area contributed by atoms with Crippen LogP contribution in [0.4, 0.5) is 0 Å². The Balaban J connectivity index is 0.999. The second kappa shape index (κ2) is 27.0. The minimum absolute atomic E-state index is 0.0396. The number of carbonyl (C=O) groups is 1. The molecule has 7 aliphatic carbocycles. The number of phenols is 2. The first-order valence-corrected chi connectivity index (χ1v) is 40.8. The number of aliphatic hydroxyl groups excluding tert-OH is 2. The van der Waals surface area contributed by atoms with E-state index in [1.165, 1.54) is 24.5 Å². The number of hydrogen-bond donors (Lipinski definition) is 9. The number of nitrogens with one attached hydrogen (secondary N) is 3. The summed E-state index contributed by atoms with van der Waals surface area (Å²) in [6, 6.07) is 27.5. The summed E-state index contributed by atoms with van der Waals surface area (Å²) in [5.74, 6) is 15.1. The van der Waals surface area contributed by atoms with Crippen LogP contribution in [0.1, 0.15) is 183 Å². The highest BCUT2D eigenvalue weighted by Gasteiger charge is 2.72. The van der Waals surface area contributed by atoms with Gasteiger partial charge in [0, 0.05) is 125 Å². The quantitative estimate of drug-likeness (QED) is 0.0208. The van der Waals surface area contributed by atoms with E-state index in [0.717, 1.165) is 94.4 Å². The van der Waals surface area contributed by atoms with E-state index in [1.807, 2.05) is 27.7 Å². The standard InChI is InChI=1S/C87H96N4O11S2/c1-4-52-36-64-69(91-83(52)88)26-20-53-18-19-54-32-50-14-10-16-56(33-50)87-29-9-8-28-86(87,97)39-57-21-25-68-63-37-59(95)38-71(100-47-93)74(63)61-23-22-60-67(44-99-48(2)94)78(101-79(60)76(61)85(68)31-30-84(57,46-85)82(64)87)75-62-24-27-70-81(102-80(62)77(96)65(73(53)75)41-89-40-55(42-92)66(54)43-98-3)72(35-49-12-6-5-7-13-49)104-103-45-51-15-11-17-58(34-51)90-70/h5-7,10,12-14,16,22-24,27,33,36-39,51,53-55,58,66-68,70,72,78,81-83,89-93,95-97H,4,8-9,11,15,17,21,25,28-32,34-35,40-47,88H2,1-3H3/t51-,53+,54-,55+,58-,66+,67-,68-,70-,72-,78-,81-,82+,83?,84+,85-,86-,87+/m0/s1. The van der Waals surface area contributed by atoms with E-state index in [4.69, 9.17) is 29.4 Å². The Hall–Kier alpha value is -7.13. The molecule has 15 nitrogen and oxygen atoms in total. The van der Waals surface area contributed by atoms with E-state index >= 15 is 0 Å². The number of methoxy groups -OCH3 is 1. The Labute approximate surface area is 618 Å². The molecule has 1 saturated heterocycles. The number of rotatable bonds is 10. The number of carbonyl (C=O) groups excluding carboxylic acids is 1. The first-order chi connectivity index (χ1) is 50.7. The molecule has 0 amide bonds. The van der Waals surface area contributed by atoms with Gasteiger partial charge in [0.1, 0.15) is 42.0 Å². The Morgan fingerprint density at radius 2 is 1.76 bits per heavy atom. The molecule has 104 heavy (non-hydrogen) atoms. The van der Waals surface area contributed by atoms with Crippen molar-refractivity contribution in [3.8, 4) is 63.6 Å². The predicted octanol–water partition coefficient (Wildman–Crippen LogP) is 13.0. The average Bonchev–Trinajstić information content (AvgIpc) is 1.41. The zero-order valence-electron chi connectivity index (χ0n) is 59.7. The van der Waals surface area contributed by atoms with Crippen molar-refractivity contribution in [2.45, 2.75) is 193 Å². The maximum Gasteiger partial charge on any atom is 0.302 e. The summed E-state index contributed by atoms with van der Waals surface area (Å²) in [5.41, 5.74) is 18.2. The van der Waals surface area contributed by atoms with Gasteiger partial charge in [-0.05, 0) is 152 Å². The summed E-state index contributed by atoms with van der Waals surface area (Å²) < 4.78 is 35.3. The van der Waals surface area contributed by atoms with Gasteiger partial charge in [-0.15, -0.1) is 0 Å². The highest BCUT2D eigenvalue weighted by Crippen LogP contribution is 2.78. The Morgan fingerprint density at radius 3 is 2.60 bits per heavy atom. The van der Waals surface area contributed by atoms with Crippen LogP contribution in [0.15, 0.2) is 120 Å². The highest BCUT2D eigenvalue weighted by molar-refractivity contribution is 8.77. The van der Waals surface area contributed by atoms with E-state index in [2.05, 4.69) is 138 Å². The molecule has 3 spiro atoms. The molecule has 5 aromatic carbocycles. The van der Waals surface area contributed by atoms with Crippen LogP contribution >= 0.6 is 21.6 Å². The van der Waals surface area contributed by atoms with E-state index in [1.54, 1.807) is 13.2 Å². The van der Waals surface area contributed by atoms with Gasteiger partial charge in [0.15, 0.2) is 18.3 Å². The largest absolute Gasteiger partial charge is 0.508 e. The van der Waals surface area contributed by atoms with Gasteiger partial charge >= 0.3 is 5.97 Å². The van der Waals surface area contributed by atoms with E-state index < -0.39 is 76.7 Å². The lowest BCUT2D eigenvalue weighted by Gasteiger charge is -2.63. The van der Waals surface area contributed by atoms with Gasteiger partial charge in [-0.2, -0.15) is 0 Å². The van der Waals surface area contributed by atoms with Crippen LogP contribution < -0.4 is 35.9 Å². The Kier molecular flexibility index (Phi) is 17.8. The van der Waals surface area contributed by atoms with Crippen molar-refractivity contribution in [3.63, 3.8) is 0 Å². The number of dihydropyridines is 1. The summed E-state index contributed by atoms with van der Waals surface area (Å²) in [4.78, 5) is 13.8. The lowest BCUT2D eigenvalue weighted by atomic mass is 9.41. The molecule has 11 bridgehead atoms. The molecule has 542 valence electrons. The van der Waals surface area contributed by atoms with Crippen molar-refractivity contribution < 1.29 is 54.0 Å². The first kappa shape index (κ1) is 68.7. The average molecular weight is 1440 g/mol. The number of hydrogen-bond acceptors (Lipinski definition) is 17. The van der Waals surface area contributed by atoms with Gasteiger partial charge in [0.05, 0.1) is 41.3 Å². The SMILES string of the molecule is CCC1=CC2=C(C#C[C@H]3C#C[C@H]4Cc5cccc(c5)[C@@]56CCCC[C@]5(O)C=C5CC[C@H]7c8cc(O)cc(OCO)c8-c8ccc9c(c8[C@]78CC[C@]5(C8)[C@@H]26)O[C@H](c2c5c(c(O)c(c23)CNC[C@H](CO)[C@@H]4COC)O[C@H]2[C@H](C=C5)N[C@H]3CCC[C@H](CSS[C@H]2Cc2ccccc2)C3)[C@H]9COC(C)=O)NC1N. The first-order valence-electron chi connectivity index (χ1n) is 38.5. The third-order valence-corrected chi connectivity index (χ3v) is 30.2. The van der Waals surface area contributed by atoms with Crippen LogP contribution in [0.3, 0.4) is 0 Å². The smallest absolute Gasteiger partial charge is 0.302 e. The van der Waals surface area contributed by atoms with Crippen molar-refractivity contribution in [1.29, 1.82) is 0 Å². The minimum Gasteiger partial charge on any atom is -0.508 e. The molecular formula is C87H96N4O11S2. The molecule has 6 aliphatic heterocycles. The fraction of sp³-hybridized carbons (Fsp3) is 0.506. The molecule has 5 fully saturated rings. The normalized spacial score (nSPS) is 34.9. The van der Waals surface area contributed by atoms with Crippen molar-refractivity contribution in [2.75, 3.05) is 46.0 Å². The second-order valence-electron chi connectivity index (χ2n) is 32.4. The molecule has 5 aromatic rings. The molecule has 0 aromatic heterocycles. The fourth-order valence-corrected chi connectivity index (χ4v) is 26.1. The van der Waals surface area contributed by atoms with Crippen LogP contribution in [-0.4, -0.2) is 113 Å². The number of phenolic OH excluding ortho intramolecular Hbond substituents is 2. The molecule has 4 saturated carbocycles. The number of ether oxygens (including phenoxy) is 5. The summed E-state index contributed by atoms with van der Waals surface area (Å²) in [6.45, 7) is 3.53. The molecule has 6 heterocycles. The van der Waals surface area contributed by atoms with Crippen molar-refractivity contribution in [2.24, 2.45) is 40.7 Å². The Bertz CT molecular complexity index is 4570. The molecule has 10 N–H and O–H groups in total. The number of nitrogens with two attached hydrogens (primary N) is 1. The third-order valence-electron chi connectivity index (χ3n) is 27.2. The number of fused-ring (bicyclic) bond motifs is 13. The van der Waals surface area contributed by atoms with Crippen molar-refractivity contribution >= 4 is 33.6 Å². The maximum atomic E-state index is 14.8. The number of esters is 1. The van der Waals surface area contributed by atoms with E-state index in [9.17, 15) is 30.3 Å². The minimum atomic E-state index is -1.34. The molecular weight excluding hydrogens is 1340 g/mol. The summed E-state index contributed by atoms with van der Waals surface area (Å²) in [5, 5.41) is 75.7. The maximum absolute atomic E-state index is 14.8. The topological polar surface area (TPSA) is 226 Å². The predicted molar refractivity (Wildman–Crippen MR) is 405 cm³/mol. The van der Waals surface area contributed by atoms with Crippen molar-refractivity contribution in [1.82, 2.24) is 16.0 Å². The number of allylic oxidation sites excluding steroid dienone is 4. The van der Waals surface area contributed by atoms with E-state index in [0.29, 0.717) is 122 Å². The van der Waals surface area contributed by atoms with Crippen molar-refractivity contribution in [3.05, 3.63) is 175 Å². The number of aromatic hydroxyl groups is 2. The molecule has 0 radical (unpaired) electrons. The van der Waals surface area contributed by atoms with Gasteiger partial charge in [-0.1, -0.05) is 162 Å². The number of aliphatic hydroxyl groups is 3. The lowest BCUT2D eigenvalue weighted by molar-refractivity contribution is -0.141. The molecule has 18 atom stereocenters. The van der Waals surface area contributed by atoms with E-state index in [-0.39, 0.29) is 66.3 Å². The van der Waals surface area contributed by atoms with Gasteiger partial charge < -0.3 is 70.9 Å². The summed E-state index contributed by atoms with van der Waals surface area (Å²) in [7, 11) is 5.55. The Morgan fingerprint density at radius 1 is 0.894 bits per heavy atom. The monoisotopic (exact) mass is 1440 g/mol. The third kappa shape index (κ3) is 10.9. The second-order valence-corrected chi connectivity index (χ2v) is 35.1. The molecule has 18 rings (SSSR count).